The first kappa shape index (κ1) is 21.4. The van der Waals surface area contributed by atoms with Gasteiger partial charge in [-0.15, -0.1) is 0 Å². The predicted octanol–water partition coefficient (Wildman–Crippen LogP) is 5.32. The van der Waals surface area contributed by atoms with Gasteiger partial charge in [0.25, 0.3) is 0 Å². The van der Waals surface area contributed by atoms with Crippen molar-refractivity contribution >= 4 is 15.7 Å². The Bertz CT molecular complexity index is 1170. The molecule has 1 aliphatic rings. The smallest absolute Gasteiger partial charge is 0.229 e. The first-order chi connectivity index (χ1) is 14.9. The van der Waals surface area contributed by atoms with Gasteiger partial charge in [0.15, 0.2) is 0 Å². The van der Waals surface area contributed by atoms with Crippen LogP contribution in [-0.2, 0) is 29.3 Å². The molecule has 4 nitrogen and oxygen atoms in total. The summed E-state index contributed by atoms with van der Waals surface area (Å²) >= 11 is 0. The Hall–Kier alpha value is -2.79. The summed E-state index contributed by atoms with van der Waals surface area (Å²) in [5.41, 5.74) is 7.10. The maximum Gasteiger partial charge on any atom is 0.229 e. The van der Waals surface area contributed by atoms with Crippen molar-refractivity contribution in [3.63, 3.8) is 0 Å². The highest BCUT2D eigenvalue weighted by molar-refractivity contribution is 7.92. The van der Waals surface area contributed by atoms with Crippen molar-refractivity contribution in [1.29, 1.82) is 0 Å². The zero-order valence-corrected chi connectivity index (χ0v) is 18.9. The molecule has 162 valence electrons. The topological polar surface area (TPSA) is 55.4 Å². The second-order valence-electron chi connectivity index (χ2n) is 8.24. The molecule has 1 N–H and O–H groups in total. The fourth-order valence-corrected chi connectivity index (χ4v) is 4.97. The number of sulfonamides is 1. The van der Waals surface area contributed by atoms with Crippen LogP contribution in [0, 0.1) is 0 Å². The molecule has 0 bridgehead atoms. The molecule has 0 fully saturated rings. The number of ether oxygens (including phenoxy) is 1. The summed E-state index contributed by atoms with van der Waals surface area (Å²) < 4.78 is 31.8. The zero-order chi connectivity index (χ0) is 21.8. The van der Waals surface area contributed by atoms with E-state index >= 15 is 0 Å². The van der Waals surface area contributed by atoms with Crippen LogP contribution in [0.15, 0.2) is 66.7 Å². The minimum atomic E-state index is -3.31. The van der Waals surface area contributed by atoms with Crippen molar-refractivity contribution in [1.82, 2.24) is 0 Å². The van der Waals surface area contributed by atoms with Gasteiger partial charge in [0, 0.05) is 11.6 Å². The van der Waals surface area contributed by atoms with Crippen molar-refractivity contribution in [2.24, 2.45) is 0 Å². The Morgan fingerprint density at radius 1 is 0.935 bits per heavy atom. The summed E-state index contributed by atoms with van der Waals surface area (Å²) in [6, 6.07) is 22.9. The van der Waals surface area contributed by atoms with E-state index in [-0.39, 0.29) is 5.92 Å². The third-order valence-corrected chi connectivity index (χ3v) is 6.33. The van der Waals surface area contributed by atoms with E-state index in [0.717, 1.165) is 43.6 Å². The van der Waals surface area contributed by atoms with Crippen molar-refractivity contribution in [3.8, 4) is 5.75 Å². The summed E-state index contributed by atoms with van der Waals surface area (Å²) in [5, 5.41) is 0. The molecule has 3 aromatic rings. The normalized spacial score (nSPS) is 15.5. The van der Waals surface area contributed by atoms with Gasteiger partial charge in [-0.2, -0.15) is 0 Å². The molecule has 1 atom stereocenters. The first-order valence-electron chi connectivity index (χ1n) is 10.8. The van der Waals surface area contributed by atoms with Crippen LogP contribution in [0.5, 0.6) is 5.75 Å². The third-order valence-electron chi connectivity index (χ3n) is 5.73. The number of fused-ring (bicyclic) bond motifs is 2. The van der Waals surface area contributed by atoms with E-state index in [1.165, 1.54) is 28.5 Å². The second kappa shape index (κ2) is 9.15. The molecule has 0 heterocycles. The molecule has 0 radical (unpaired) electrons. The highest BCUT2D eigenvalue weighted by Gasteiger charge is 2.24. The second-order valence-corrected chi connectivity index (χ2v) is 9.99. The Morgan fingerprint density at radius 3 is 2.52 bits per heavy atom. The number of hydrogen-bond acceptors (Lipinski definition) is 3. The van der Waals surface area contributed by atoms with Crippen LogP contribution >= 0.6 is 0 Å². The minimum Gasteiger partial charge on any atom is -0.494 e. The summed E-state index contributed by atoms with van der Waals surface area (Å²) in [6.45, 7) is 2.84. The molecule has 31 heavy (non-hydrogen) atoms. The molecule has 0 aromatic heterocycles. The Labute approximate surface area is 185 Å². The lowest BCUT2D eigenvalue weighted by molar-refractivity contribution is 0.317. The Kier molecular flexibility index (Phi) is 6.33. The molecule has 0 aliphatic heterocycles. The number of anilines is 1. The van der Waals surface area contributed by atoms with Crippen molar-refractivity contribution in [2.75, 3.05) is 17.6 Å². The van der Waals surface area contributed by atoms with E-state index in [1.807, 2.05) is 12.1 Å². The molecular weight excluding hydrogens is 406 g/mol. The summed E-state index contributed by atoms with van der Waals surface area (Å²) in [4.78, 5) is 0. The maximum atomic E-state index is 11.7. The van der Waals surface area contributed by atoms with Crippen LogP contribution in [-0.4, -0.2) is 21.3 Å². The van der Waals surface area contributed by atoms with Gasteiger partial charge in [-0.1, -0.05) is 49.4 Å². The van der Waals surface area contributed by atoms with Crippen LogP contribution in [0.25, 0.3) is 0 Å². The summed E-state index contributed by atoms with van der Waals surface area (Å²) in [5.74, 6) is 1.15. The van der Waals surface area contributed by atoms with E-state index in [1.54, 1.807) is 6.07 Å². The highest BCUT2D eigenvalue weighted by atomic mass is 32.2. The SMILES string of the molecule is CCCOc1ccc2c(c1)CCc1ccccc1C2Cc1cccc(NS(C)(=O)=O)c1. The van der Waals surface area contributed by atoms with Gasteiger partial charge in [0.05, 0.1) is 12.9 Å². The molecule has 0 amide bonds. The van der Waals surface area contributed by atoms with Gasteiger partial charge >= 0.3 is 0 Å². The summed E-state index contributed by atoms with van der Waals surface area (Å²) in [7, 11) is -3.31. The molecular formula is C26H29NO3S. The highest BCUT2D eigenvalue weighted by Crippen LogP contribution is 2.38. The average Bonchev–Trinajstić information content (AvgIpc) is 2.88. The third kappa shape index (κ3) is 5.28. The molecule has 0 saturated carbocycles. The number of rotatable bonds is 7. The molecule has 5 heteroatoms. The van der Waals surface area contributed by atoms with Crippen LogP contribution in [0.1, 0.15) is 47.1 Å². The number of nitrogens with one attached hydrogen (secondary N) is 1. The standard InChI is InChI=1S/C26H29NO3S/c1-3-15-30-23-13-14-25-21(18-23)12-11-20-8-4-5-10-24(20)26(25)17-19-7-6-9-22(16-19)27-31(2,28)29/h4-10,13-14,16,18,26-27H,3,11-12,15,17H2,1-2H3. The maximum absolute atomic E-state index is 11.7. The largest absolute Gasteiger partial charge is 0.494 e. The van der Waals surface area contributed by atoms with Crippen LogP contribution in [0.2, 0.25) is 0 Å². The lowest BCUT2D eigenvalue weighted by Gasteiger charge is -2.21. The van der Waals surface area contributed by atoms with E-state index in [0.29, 0.717) is 5.69 Å². The van der Waals surface area contributed by atoms with Gasteiger partial charge in [0.2, 0.25) is 10.0 Å². The minimum absolute atomic E-state index is 0.211. The van der Waals surface area contributed by atoms with E-state index in [2.05, 4.69) is 60.2 Å². The van der Waals surface area contributed by atoms with Gasteiger partial charge < -0.3 is 4.74 Å². The lowest BCUT2D eigenvalue weighted by atomic mass is 9.83. The zero-order valence-electron chi connectivity index (χ0n) is 18.1. The van der Waals surface area contributed by atoms with E-state index < -0.39 is 10.0 Å². The first-order valence-corrected chi connectivity index (χ1v) is 12.7. The quantitative estimate of drug-likeness (QED) is 0.546. The lowest BCUT2D eigenvalue weighted by Crippen LogP contribution is -2.11. The van der Waals surface area contributed by atoms with Gasteiger partial charge in [-0.05, 0) is 77.8 Å². The van der Waals surface area contributed by atoms with Crippen molar-refractivity contribution in [3.05, 3.63) is 94.5 Å². The molecule has 4 rings (SSSR count). The van der Waals surface area contributed by atoms with E-state index in [9.17, 15) is 8.42 Å². The van der Waals surface area contributed by atoms with Crippen LogP contribution < -0.4 is 9.46 Å². The summed E-state index contributed by atoms with van der Waals surface area (Å²) in [6.07, 6.45) is 4.96. The Morgan fingerprint density at radius 2 is 1.71 bits per heavy atom. The molecule has 1 aliphatic carbocycles. The number of hydrogen-bond donors (Lipinski definition) is 1. The number of aryl methyl sites for hydroxylation is 2. The van der Waals surface area contributed by atoms with Crippen molar-refractivity contribution < 1.29 is 13.2 Å². The van der Waals surface area contributed by atoms with Crippen LogP contribution in [0.3, 0.4) is 0 Å². The van der Waals surface area contributed by atoms with E-state index in [4.69, 9.17) is 4.74 Å². The molecule has 1 unspecified atom stereocenters. The number of benzene rings is 3. The van der Waals surface area contributed by atoms with Gasteiger partial charge in [-0.25, -0.2) is 8.42 Å². The fraction of sp³-hybridized carbons (Fsp3) is 0.308. The fourth-order valence-electron chi connectivity index (χ4n) is 4.42. The molecule has 0 spiro atoms. The van der Waals surface area contributed by atoms with Crippen LogP contribution in [0.4, 0.5) is 5.69 Å². The Balaban J connectivity index is 1.72. The van der Waals surface area contributed by atoms with Gasteiger partial charge in [0.1, 0.15) is 5.75 Å². The van der Waals surface area contributed by atoms with Gasteiger partial charge in [-0.3, -0.25) is 4.72 Å². The average molecular weight is 436 g/mol. The van der Waals surface area contributed by atoms with Crippen molar-refractivity contribution in [2.45, 2.75) is 38.5 Å². The predicted molar refractivity (Wildman–Crippen MR) is 127 cm³/mol. The monoisotopic (exact) mass is 435 g/mol. The molecule has 0 saturated heterocycles. The molecule has 3 aromatic carbocycles.